The van der Waals surface area contributed by atoms with Crippen LogP contribution >= 0.6 is 0 Å². The lowest BCUT2D eigenvalue weighted by Crippen LogP contribution is -2.41. The van der Waals surface area contributed by atoms with E-state index >= 15 is 0 Å². The van der Waals surface area contributed by atoms with Gasteiger partial charge in [-0.25, -0.2) is 4.79 Å². The van der Waals surface area contributed by atoms with Crippen molar-refractivity contribution in [2.75, 3.05) is 11.9 Å². The molecule has 1 atom stereocenters. The van der Waals surface area contributed by atoms with Crippen molar-refractivity contribution in [2.24, 2.45) is 7.05 Å². The molecule has 6 nitrogen and oxygen atoms in total. The van der Waals surface area contributed by atoms with Crippen molar-refractivity contribution in [1.29, 1.82) is 0 Å². The molecule has 0 radical (unpaired) electrons. The molecule has 0 aliphatic rings. The molecule has 1 heterocycles. The van der Waals surface area contributed by atoms with Crippen molar-refractivity contribution in [1.82, 2.24) is 9.78 Å². The highest BCUT2D eigenvalue weighted by molar-refractivity contribution is 5.77. The van der Waals surface area contributed by atoms with Crippen LogP contribution in [0.4, 0.5) is 5.69 Å². The summed E-state index contributed by atoms with van der Waals surface area (Å²) in [6.45, 7) is 3.16. The number of aliphatic hydroxyl groups is 1. The van der Waals surface area contributed by atoms with Crippen molar-refractivity contribution < 1.29 is 15.0 Å². The normalized spacial score (nSPS) is 14.5. The Hall–Kier alpha value is -1.56. The third-order valence-corrected chi connectivity index (χ3v) is 2.32. The minimum Gasteiger partial charge on any atom is -0.479 e. The van der Waals surface area contributed by atoms with Gasteiger partial charge < -0.3 is 15.5 Å². The molecule has 0 fully saturated rings. The SMILES string of the molecule is CCc1nn(C)cc1NCC(C)(O)C(=O)O. The predicted octanol–water partition coefficient (Wildman–Crippen LogP) is 0.230. The molecule has 0 saturated heterocycles. The largest absolute Gasteiger partial charge is 0.479 e. The van der Waals surface area contributed by atoms with Gasteiger partial charge in [0, 0.05) is 13.2 Å². The molecule has 6 heteroatoms. The van der Waals surface area contributed by atoms with E-state index in [1.807, 2.05) is 6.92 Å². The Morgan fingerprint density at radius 3 is 2.81 bits per heavy atom. The smallest absolute Gasteiger partial charge is 0.337 e. The van der Waals surface area contributed by atoms with Crippen LogP contribution in [-0.2, 0) is 18.3 Å². The van der Waals surface area contributed by atoms with Gasteiger partial charge in [-0.05, 0) is 13.3 Å². The Morgan fingerprint density at radius 2 is 2.31 bits per heavy atom. The Morgan fingerprint density at radius 1 is 1.69 bits per heavy atom. The monoisotopic (exact) mass is 227 g/mol. The first-order valence-electron chi connectivity index (χ1n) is 5.09. The fraction of sp³-hybridized carbons (Fsp3) is 0.600. The molecule has 0 aliphatic carbocycles. The number of anilines is 1. The third-order valence-electron chi connectivity index (χ3n) is 2.32. The van der Waals surface area contributed by atoms with Gasteiger partial charge in [0.25, 0.3) is 0 Å². The first-order valence-corrected chi connectivity index (χ1v) is 5.09. The van der Waals surface area contributed by atoms with Crippen LogP contribution in [0.3, 0.4) is 0 Å². The number of carbonyl (C=O) groups is 1. The second-order valence-electron chi connectivity index (χ2n) is 3.95. The number of rotatable bonds is 5. The maximum Gasteiger partial charge on any atom is 0.337 e. The molecule has 0 bridgehead atoms. The number of aliphatic carboxylic acids is 1. The van der Waals surface area contributed by atoms with Gasteiger partial charge >= 0.3 is 5.97 Å². The zero-order valence-corrected chi connectivity index (χ0v) is 9.69. The second-order valence-corrected chi connectivity index (χ2v) is 3.95. The lowest BCUT2D eigenvalue weighted by atomic mass is 10.1. The van der Waals surface area contributed by atoms with Crippen LogP contribution in [-0.4, -0.2) is 38.1 Å². The predicted molar refractivity (Wildman–Crippen MR) is 59.3 cm³/mol. The summed E-state index contributed by atoms with van der Waals surface area (Å²) in [6, 6.07) is 0. The molecule has 90 valence electrons. The molecule has 0 aliphatic heterocycles. The summed E-state index contributed by atoms with van der Waals surface area (Å²) < 4.78 is 1.65. The quantitative estimate of drug-likeness (QED) is 0.670. The zero-order valence-electron chi connectivity index (χ0n) is 9.69. The molecule has 1 aromatic rings. The number of nitrogens with one attached hydrogen (secondary N) is 1. The molecular weight excluding hydrogens is 210 g/mol. The first-order chi connectivity index (χ1) is 7.36. The number of carboxylic acids is 1. The highest BCUT2D eigenvalue weighted by Crippen LogP contribution is 2.15. The van der Waals surface area contributed by atoms with Crippen LogP contribution in [0.2, 0.25) is 0 Å². The van der Waals surface area contributed by atoms with Gasteiger partial charge in [0.2, 0.25) is 0 Å². The molecule has 1 rings (SSSR count). The minimum atomic E-state index is -1.78. The molecule has 1 aromatic heterocycles. The van der Waals surface area contributed by atoms with E-state index in [9.17, 15) is 9.90 Å². The highest BCUT2D eigenvalue weighted by Gasteiger charge is 2.29. The number of carboxylic acid groups (broad SMARTS) is 1. The van der Waals surface area contributed by atoms with E-state index < -0.39 is 11.6 Å². The maximum atomic E-state index is 10.7. The van der Waals surface area contributed by atoms with E-state index in [0.29, 0.717) is 0 Å². The van der Waals surface area contributed by atoms with Gasteiger partial charge in [-0.3, -0.25) is 4.68 Å². The topological polar surface area (TPSA) is 87.4 Å². The van der Waals surface area contributed by atoms with Crippen molar-refractivity contribution in [3.63, 3.8) is 0 Å². The summed E-state index contributed by atoms with van der Waals surface area (Å²) in [5.74, 6) is -1.25. The molecule has 0 aromatic carbocycles. The van der Waals surface area contributed by atoms with Gasteiger partial charge in [0.1, 0.15) is 0 Å². The average molecular weight is 227 g/mol. The fourth-order valence-corrected chi connectivity index (χ4v) is 1.29. The highest BCUT2D eigenvalue weighted by atomic mass is 16.4. The van der Waals surface area contributed by atoms with Crippen LogP contribution in [0.1, 0.15) is 19.5 Å². The van der Waals surface area contributed by atoms with Gasteiger partial charge in [0.05, 0.1) is 17.9 Å². The fourth-order valence-electron chi connectivity index (χ4n) is 1.29. The molecule has 0 spiro atoms. The summed E-state index contributed by atoms with van der Waals surface area (Å²) >= 11 is 0. The van der Waals surface area contributed by atoms with E-state index in [1.165, 1.54) is 6.92 Å². The summed E-state index contributed by atoms with van der Waals surface area (Å²) in [5, 5.41) is 25.4. The maximum absolute atomic E-state index is 10.7. The minimum absolute atomic E-state index is 0.0545. The van der Waals surface area contributed by atoms with Crippen molar-refractivity contribution >= 4 is 11.7 Å². The molecule has 3 N–H and O–H groups in total. The summed E-state index contributed by atoms with van der Waals surface area (Å²) in [4.78, 5) is 10.7. The van der Waals surface area contributed by atoms with E-state index in [1.54, 1.807) is 17.9 Å². The Bertz CT molecular complexity index is 385. The number of nitrogens with zero attached hydrogens (tertiary/aromatic N) is 2. The van der Waals surface area contributed by atoms with Crippen LogP contribution in [0, 0.1) is 0 Å². The van der Waals surface area contributed by atoms with E-state index in [2.05, 4.69) is 10.4 Å². The Kier molecular flexibility index (Phi) is 3.54. The second kappa shape index (κ2) is 4.52. The number of hydrogen-bond acceptors (Lipinski definition) is 4. The molecular formula is C10H17N3O3. The van der Waals surface area contributed by atoms with Crippen molar-refractivity contribution in [2.45, 2.75) is 25.9 Å². The summed E-state index contributed by atoms with van der Waals surface area (Å²) in [7, 11) is 1.79. The van der Waals surface area contributed by atoms with Crippen molar-refractivity contribution in [3.8, 4) is 0 Å². The molecule has 0 amide bonds. The Labute approximate surface area is 93.9 Å². The van der Waals surface area contributed by atoms with Crippen LogP contribution in [0.15, 0.2) is 6.20 Å². The van der Waals surface area contributed by atoms with Gasteiger partial charge in [-0.15, -0.1) is 0 Å². The molecule has 16 heavy (non-hydrogen) atoms. The van der Waals surface area contributed by atoms with Crippen LogP contribution in [0.5, 0.6) is 0 Å². The van der Waals surface area contributed by atoms with Gasteiger partial charge in [-0.1, -0.05) is 6.92 Å². The van der Waals surface area contributed by atoms with Crippen LogP contribution in [0.25, 0.3) is 0 Å². The van der Waals surface area contributed by atoms with Gasteiger partial charge in [-0.2, -0.15) is 5.10 Å². The third kappa shape index (κ3) is 2.73. The van der Waals surface area contributed by atoms with Crippen molar-refractivity contribution in [3.05, 3.63) is 11.9 Å². The standard InChI is InChI=1S/C10H17N3O3/c1-4-7-8(5-13(3)12-7)11-6-10(2,16)9(14)15/h5,11,16H,4,6H2,1-3H3,(H,14,15). The lowest BCUT2D eigenvalue weighted by Gasteiger charge is -2.18. The van der Waals surface area contributed by atoms with E-state index in [4.69, 9.17) is 5.11 Å². The Balaban J connectivity index is 2.71. The molecule has 1 unspecified atom stereocenters. The van der Waals surface area contributed by atoms with Crippen LogP contribution < -0.4 is 5.32 Å². The zero-order chi connectivity index (χ0) is 12.3. The summed E-state index contributed by atoms with van der Waals surface area (Å²) in [5.41, 5.74) is -0.170. The van der Waals surface area contributed by atoms with E-state index in [-0.39, 0.29) is 6.54 Å². The summed E-state index contributed by atoms with van der Waals surface area (Å²) in [6.07, 6.45) is 2.51. The lowest BCUT2D eigenvalue weighted by molar-refractivity contribution is -0.155. The van der Waals surface area contributed by atoms with E-state index in [0.717, 1.165) is 17.8 Å². The molecule has 0 saturated carbocycles. The number of aromatic nitrogens is 2. The average Bonchev–Trinajstić information content (AvgIpc) is 2.56. The first kappa shape index (κ1) is 12.5. The number of aryl methyl sites for hydroxylation is 2. The number of hydrogen-bond donors (Lipinski definition) is 3. The van der Waals surface area contributed by atoms with Gasteiger partial charge in [0.15, 0.2) is 5.60 Å².